The Labute approximate surface area is 93.5 Å². The van der Waals surface area contributed by atoms with Crippen LogP contribution in [0, 0.1) is 0 Å². The number of alkyl halides is 1. The number of rotatable bonds is 1. The summed E-state index contributed by atoms with van der Waals surface area (Å²) < 4.78 is 13.3. The second-order valence-corrected chi connectivity index (χ2v) is 3.99. The van der Waals surface area contributed by atoms with E-state index in [0.29, 0.717) is 18.5 Å². The van der Waals surface area contributed by atoms with E-state index in [2.05, 4.69) is 0 Å². The van der Waals surface area contributed by atoms with Gasteiger partial charge in [-0.1, -0.05) is 18.2 Å². The number of hydrogen-bond acceptors (Lipinski definition) is 2. The molecule has 0 aliphatic carbocycles. The summed E-state index contributed by atoms with van der Waals surface area (Å²) in [6.45, 7) is 0.393. The Bertz CT molecular complexity index is 369. The van der Waals surface area contributed by atoms with Crippen LogP contribution in [0.4, 0.5) is 4.39 Å². The van der Waals surface area contributed by atoms with Crippen molar-refractivity contribution in [2.75, 3.05) is 13.1 Å². The predicted octanol–water partition coefficient (Wildman–Crippen LogP) is 1.23. The van der Waals surface area contributed by atoms with Crippen molar-refractivity contribution >= 4 is 5.91 Å². The minimum Gasteiger partial charge on any atom is -0.390 e. The van der Waals surface area contributed by atoms with Crippen molar-refractivity contribution in [3.05, 3.63) is 35.9 Å². The summed E-state index contributed by atoms with van der Waals surface area (Å²) in [5.41, 5.74) is 0.561. The molecule has 1 saturated heterocycles. The summed E-state index contributed by atoms with van der Waals surface area (Å²) in [4.78, 5) is 13.4. The van der Waals surface area contributed by atoms with Gasteiger partial charge in [0.15, 0.2) is 0 Å². The van der Waals surface area contributed by atoms with Crippen LogP contribution < -0.4 is 0 Å². The highest BCUT2D eigenvalue weighted by Gasteiger charge is 2.30. The van der Waals surface area contributed by atoms with Crippen LogP contribution in [0.25, 0.3) is 0 Å². The number of likely N-dealkylation sites (tertiary alicyclic amines) is 1. The molecule has 1 aliphatic heterocycles. The molecule has 1 fully saturated rings. The van der Waals surface area contributed by atoms with Crippen molar-refractivity contribution < 1.29 is 14.3 Å². The van der Waals surface area contributed by atoms with Gasteiger partial charge in [0.2, 0.25) is 0 Å². The van der Waals surface area contributed by atoms with Crippen molar-refractivity contribution in [1.82, 2.24) is 4.90 Å². The summed E-state index contributed by atoms with van der Waals surface area (Å²) in [7, 11) is 0. The molecule has 3 nitrogen and oxygen atoms in total. The maximum atomic E-state index is 13.3. The molecule has 16 heavy (non-hydrogen) atoms. The van der Waals surface area contributed by atoms with Crippen LogP contribution in [-0.2, 0) is 0 Å². The SMILES string of the molecule is O=C(c1ccccc1)N1CCC(O)C(F)C1. The topological polar surface area (TPSA) is 40.5 Å². The Morgan fingerprint density at radius 1 is 1.38 bits per heavy atom. The Morgan fingerprint density at radius 3 is 2.69 bits per heavy atom. The lowest BCUT2D eigenvalue weighted by Gasteiger charge is -2.32. The zero-order valence-corrected chi connectivity index (χ0v) is 8.84. The number of nitrogens with zero attached hydrogens (tertiary/aromatic N) is 1. The van der Waals surface area contributed by atoms with E-state index in [9.17, 15) is 14.3 Å². The molecule has 1 aromatic rings. The average molecular weight is 223 g/mol. The molecule has 86 valence electrons. The number of carbonyl (C=O) groups excluding carboxylic acids is 1. The van der Waals surface area contributed by atoms with Crippen LogP contribution in [0.15, 0.2) is 30.3 Å². The first kappa shape index (κ1) is 11.1. The van der Waals surface area contributed by atoms with Gasteiger partial charge < -0.3 is 10.0 Å². The second-order valence-electron chi connectivity index (χ2n) is 3.99. The fraction of sp³-hybridized carbons (Fsp3) is 0.417. The molecule has 2 atom stereocenters. The van der Waals surface area contributed by atoms with E-state index < -0.39 is 12.3 Å². The van der Waals surface area contributed by atoms with Crippen LogP contribution in [0.2, 0.25) is 0 Å². The van der Waals surface area contributed by atoms with Gasteiger partial charge in [0.1, 0.15) is 6.17 Å². The fourth-order valence-corrected chi connectivity index (χ4v) is 1.84. The summed E-state index contributed by atoms with van der Waals surface area (Å²) in [5, 5.41) is 9.23. The standard InChI is InChI=1S/C12H14FNO2/c13-10-8-14(7-6-11(10)15)12(16)9-4-2-1-3-5-9/h1-5,10-11,15H,6-8H2. The smallest absolute Gasteiger partial charge is 0.253 e. The van der Waals surface area contributed by atoms with E-state index in [1.54, 1.807) is 24.3 Å². The molecule has 2 unspecified atom stereocenters. The molecular formula is C12H14FNO2. The first-order valence-electron chi connectivity index (χ1n) is 5.35. The highest BCUT2D eigenvalue weighted by Crippen LogP contribution is 2.16. The van der Waals surface area contributed by atoms with Crippen molar-refractivity contribution in [1.29, 1.82) is 0 Å². The lowest BCUT2D eigenvalue weighted by molar-refractivity contribution is 0.00826. The van der Waals surface area contributed by atoms with Crippen LogP contribution in [0.5, 0.6) is 0 Å². The molecular weight excluding hydrogens is 209 g/mol. The summed E-state index contributed by atoms with van der Waals surface area (Å²) in [6, 6.07) is 8.80. The minimum atomic E-state index is -1.33. The van der Waals surface area contributed by atoms with E-state index in [1.807, 2.05) is 6.07 Å². The highest BCUT2D eigenvalue weighted by molar-refractivity contribution is 5.94. The summed E-state index contributed by atoms with van der Waals surface area (Å²) in [6.07, 6.45) is -1.96. The molecule has 0 bridgehead atoms. The zero-order chi connectivity index (χ0) is 11.5. The van der Waals surface area contributed by atoms with Gasteiger partial charge in [0.25, 0.3) is 5.91 Å². The van der Waals surface area contributed by atoms with Crippen molar-refractivity contribution in [3.8, 4) is 0 Å². The molecule has 1 heterocycles. The van der Waals surface area contributed by atoms with E-state index in [4.69, 9.17) is 0 Å². The third-order valence-corrected chi connectivity index (χ3v) is 2.82. The Morgan fingerprint density at radius 2 is 2.06 bits per heavy atom. The maximum absolute atomic E-state index is 13.3. The van der Waals surface area contributed by atoms with Crippen LogP contribution in [-0.4, -0.2) is 41.3 Å². The summed E-state index contributed by atoms with van der Waals surface area (Å²) >= 11 is 0. The first-order valence-corrected chi connectivity index (χ1v) is 5.35. The first-order chi connectivity index (χ1) is 7.68. The van der Waals surface area contributed by atoms with E-state index in [-0.39, 0.29) is 12.5 Å². The van der Waals surface area contributed by atoms with Crippen LogP contribution in [0.1, 0.15) is 16.8 Å². The molecule has 2 rings (SSSR count). The quantitative estimate of drug-likeness (QED) is 0.778. The number of halogens is 1. The van der Waals surface area contributed by atoms with E-state index in [1.165, 1.54) is 4.90 Å². The van der Waals surface area contributed by atoms with E-state index >= 15 is 0 Å². The monoisotopic (exact) mass is 223 g/mol. The zero-order valence-electron chi connectivity index (χ0n) is 8.84. The van der Waals surface area contributed by atoms with Crippen LogP contribution >= 0.6 is 0 Å². The molecule has 1 aliphatic rings. The molecule has 0 radical (unpaired) electrons. The van der Waals surface area contributed by atoms with Gasteiger partial charge in [0.05, 0.1) is 12.6 Å². The molecule has 0 aromatic heterocycles. The van der Waals surface area contributed by atoms with Gasteiger partial charge in [-0.25, -0.2) is 4.39 Å². The number of aliphatic hydroxyl groups excluding tert-OH is 1. The lowest BCUT2D eigenvalue weighted by Crippen LogP contribution is -2.47. The minimum absolute atomic E-state index is 0.0190. The van der Waals surface area contributed by atoms with E-state index in [0.717, 1.165) is 0 Å². The largest absolute Gasteiger partial charge is 0.390 e. The normalized spacial score (nSPS) is 25.5. The van der Waals surface area contributed by atoms with Gasteiger partial charge in [-0.05, 0) is 18.6 Å². The second kappa shape index (κ2) is 4.61. The number of hydrogen-bond donors (Lipinski definition) is 1. The highest BCUT2D eigenvalue weighted by atomic mass is 19.1. The molecule has 1 amide bonds. The molecule has 1 aromatic carbocycles. The number of piperidine rings is 1. The Balaban J connectivity index is 2.06. The molecule has 0 spiro atoms. The summed E-state index contributed by atoms with van der Waals surface area (Å²) in [5.74, 6) is -0.171. The van der Waals surface area contributed by atoms with Gasteiger partial charge in [0, 0.05) is 12.1 Å². The average Bonchev–Trinajstić information content (AvgIpc) is 2.33. The number of amides is 1. The van der Waals surface area contributed by atoms with Crippen molar-refractivity contribution in [2.24, 2.45) is 0 Å². The van der Waals surface area contributed by atoms with Gasteiger partial charge in [-0.15, -0.1) is 0 Å². The maximum Gasteiger partial charge on any atom is 0.253 e. The van der Waals surface area contributed by atoms with Gasteiger partial charge in [-0.3, -0.25) is 4.79 Å². The number of carbonyl (C=O) groups is 1. The number of benzene rings is 1. The third kappa shape index (κ3) is 2.22. The third-order valence-electron chi connectivity index (χ3n) is 2.82. The Hall–Kier alpha value is -1.42. The molecule has 1 N–H and O–H groups in total. The molecule has 0 saturated carbocycles. The fourth-order valence-electron chi connectivity index (χ4n) is 1.84. The predicted molar refractivity (Wildman–Crippen MR) is 57.9 cm³/mol. The van der Waals surface area contributed by atoms with Gasteiger partial charge in [-0.2, -0.15) is 0 Å². The van der Waals surface area contributed by atoms with Crippen molar-refractivity contribution in [3.63, 3.8) is 0 Å². The van der Waals surface area contributed by atoms with Crippen molar-refractivity contribution in [2.45, 2.75) is 18.7 Å². The van der Waals surface area contributed by atoms with Crippen LogP contribution in [0.3, 0.4) is 0 Å². The molecule has 4 heteroatoms. The van der Waals surface area contributed by atoms with Gasteiger partial charge >= 0.3 is 0 Å². The Kier molecular flexibility index (Phi) is 3.19. The lowest BCUT2D eigenvalue weighted by atomic mass is 10.0. The number of aliphatic hydroxyl groups is 1.